The van der Waals surface area contributed by atoms with Crippen molar-refractivity contribution in [1.82, 2.24) is 14.6 Å². The molecule has 1 fully saturated rings. The molecule has 1 amide bonds. The van der Waals surface area contributed by atoms with E-state index in [2.05, 4.69) is 20.5 Å². The van der Waals surface area contributed by atoms with Crippen LogP contribution < -0.4 is 15.5 Å². The van der Waals surface area contributed by atoms with Gasteiger partial charge in [-0.25, -0.2) is 17.7 Å². The van der Waals surface area contributed by atoms with Crippen molar-refractivity contribution in [2.45, 2.75) is 4.90 Å². The number of hydrogen-bond donors (Lipinski definition) is 2. The number of hydrogen-bond acceptors (Lipinski definition) is 7. The van der Waals surface area contributed by atoms with E-state index in [0.29, 0.717) is 10.6 Å². The number of para-hydroxylation sites is 2. The monoisotopic (exact) mass is 471 g/mol. The van der Waals surface area contributed by atoms with Gasteiger partial charge in [0.2, 0.25) is 10.0 Å². The first kappa shape index (κ1) is 22.4. The second-order valence-corrected chi connectivity index (χ2v) is 10.5. The Labute approximate surface area is 191 Å². The Kier molecular flexibility index (Phi) is 6.56. The summed E-state index contributed by atoms with van der Waals surface area (Å²) in [6.45, 7) is 3.52. The van der Waals surface area contributed by atoms with Crippen LogP contribution in [0.1, 0.15) is 10.5 Å². The zero-order valence-corrected chi connectivity index (χ0v) is 19.5. The van der Waals surface area contributed by atoms with Crippen LogP contribution in [0.4, 0.5) is 11.4 Å². The summed E-state index contributed by atoms with van der Waals surface area (Å²) in [6, 6.07) is 14.4. The second-order valence-electron chi connectivity index (χ2n) is 7.53. The minimum atomic E-state index is -3.64. The molecule has 0 atom stereocenters. The van der Waals surface area contributed by atoms with Crippen molar-refractivity contribution >= 4 is 38.6 Å². The molecule has 1 aliphatic heterocycles. The van der Waals surface area contributed by atoms with Crippen molar-refractivity contribution in [1.29, 1.82) is 0 Å². The zero-order chi connectivity index (χ0) is 22.7. The van der Waals surface area contributed by atoms with Gasteiger partial charge in [-0.05, 0) is 18.2 Å². The van der Waals surface area contributed by atoms with E-state index in [0.717, 1.165) is 37.6 Å². The number of carbonyl (C=O) groups excluding carboxylic acids is 1. The number of thiazole rings is 1. The molecule has 0 spiro atoms. The molecular formula is C22H25N5O3S2. The van der Waals surface area contributed by atoms with Crippen LogP contribution in [-0.2, 0) is 10.0 Å². The highest BCUT2D eigenvalue weighted by Crippen LogP contribution is 2.32. The first-order valence-electron chi connectivity index (χ1n) is 10.2. The van der Waals surface area contributed by atoms with E-state index in [-0.39, 0.29) is 16.5 Å². The van der Waals surface area contributed by atoms with Crippen molar-refractivity contribution < 1.29 is 13.2 Å². The first-order chi connectivity index (χ1) is 15.4. The van der Waals surface area contributed by atoms with Crippen LogP contribution in [0, 0.1) is 0 Å². The summed E-state index contributed by atoms with van der Waals surface area (Å²) in [4.78, 5) is 19.8. The van der Waals surface area contributed by atoms with Gasteiger partial charge < -0.3 is 15.5 Å². The number of nitrogens with zero attached hydrogens (tertiary/aromatic N) is 3. The van der Waals surface area contributed by atoms with Crippen LogP contribution in [-0.4, -0.2) is 63.9 Å². The molecule has 0 radical (unpaired) electrons. The molecule has 8 nitrogen and oxygen atoms in total. The average molecular weight is 472 g/mol. The highest BCUT2D eigenvalue weighted by Gasteiger charge is 2.24. The summed E-state index contributed by atoms with van der Waals surface area (Å²) in [6.07, 6.45) is 0. The predicted octanol–water partition coefficient (Wildman–Crippen LogP) is 2.72. The molecule has 2 heterocycles. The highest BCUT2D eigenvalue weighted by molar-refractivity contribution is 7.89. The summed E-state index contributed by atoms with van der Waals surface area (Å²) in [5.41, 5.74) is 2.42. The number of amides is 1. The fourth-order valence-corrected chi connectivity index (χ4v) is 5.50. The Morgan fingerprint density at radius 2 is 1.78 bits per heavy atom. The Hall–Kier alpha value is -2.79. The third-order valence-corrected chi connectivity index (χ3v) is 7.97. The molecule has 0 bridgehead atoms. The lowest BCUT2D eigenvalue weighted by Gasteiger charge is -2.31. The third-order valence-electron chi connectivity index (χ3n) is 5.22. The molecular weight excluding hydrogens is 446 g/mol. The molecule has 1 aromatic heterocycles. The van der Waals surface area contributed by atoms with Crippen LogP contribution in [0.3, 0.4) is 0 Å². The molecule has 3 aromatic rings. The van der Waals surface area contributed by atoms with E-state index in [4.69, 9.17) is 0 Å². The van der Waals surface area contributed by atoms with E-state index < -0.39 is 10.0 Å². The molecule has 4 rings (SSSR count). The lowest BCUT2D eigenvalue weighted by molar-refractivity contribution is 0.102. The number of carbonyl (C=O) groups is 1. The molecule has 32 heavy (non-hydrogen) atoms. The number of benzene rings is 2. The largest absolute Gasteiger partial charge is 0.367 e. The van der Waals surface area contributed by atoms with Gasteiger partial charge in [0.25, 0.3) is 5.91 Å². The Balaban J connectivity index is 1.60. The summed E-state index contributed by atoms with van der Waals surface area (Å²) in [5, 5.41) is 8.42. The topological polar surface area (TPSA) is 94.6 Å². The summed E-state index contributed by atoms with van der Waals surface area (Å²) in [5.74, 6) is -0.331. The molecule has 1 aliphatic rings. The number of nitrogens with one attached hydrogen (secondary N) is 2. The molecule has 168 valence electrons. The Morgan fingerprint density at radius 1 is 1.09 bits per heavy atom. The van der Waals surface area contributed by atoms with Crippen LogP contribution in [0.25, 0.3) is 10.6 Å². The summed E-state index contributed by atoms with van der Waals surface area (Å²) >= 11 is 1.24. The minimum absolute atomic E-state index is 0.162. The zero-order valence-electron chi connectivity index (χ0n) is 17.9. The van der Waals surface area contributed by atoms with Gasteiger partial charge in [-0.15, -0.1) is 11.3 Å². The highest BCUT2D eigenvalue weighted by atomic mass is 32.2. The van der Waals surface area contributed by atoms with Crippen LogP contribution >= 0.6 is 11.3 Å². The average Bonchev–Trinajstić information content (AvgIpc) is 3.30. The maximum absolute atomic E-state index is 13.0. The van der Waals surface area contributed by atoms with E-state index in [1.54, 1.807) is 29.6 Å². The SMILES string of the molecule is CN(C)S(=O)(=O)c1ccccc1-c1nc(C(=O)Nc2ccccc2N2CCNCC2)cs1. The molecule has 2 N–H and O–H groups in total. The van der Waals surface area contributed by atoms with Gasteiger partial charge in [-0.3, -0.25) is 4.79 Å². The fourth-order valence-electron chi connectivity index (χ4n) is 3.51. The lowest BCUT2D eigenvalue weighted by Crippen LogP contribution is -2.43. The van der Waals surface area contributed by atoms with Crippen LogP contribution in [0.15, 0.2) is 58.8 Å². The van der Waals surface area contributed by atoms with Gasteiger partial charge in [-0.1, -0.05) is 30.3 Å². The van der Waals surface area contributed by atoms with Crippen LogP contribution in [0.2, 0.25) is 0 Å². The second kappa shape index (κ2) is 9.37. The summed E-state index contributed by atoms with van der Waals surface area (Å²) in [7, 11) is -0.667. The number of piperazine rings is 1. The van der Waals surface area contributed by atoms with Crippen molar-refractivity contribution in [3.05, 3.63) is 59.6 Å². The van der Waals surface area contributed by atoms with Crippen molar-refractivity contribution in [2.24, 2.45) is 0 Å². The van der Waals surface area contributed by atoms with Crippen molar-refractivity contribution in [3.8, 4) is 10.6 Å². The van der Waals surface area contributed by atoms with Gasteiger partial charge in [0.1, 0.15) is 10.7 Å². The molecule has 0 aliphatic carbocycles. The lowest BCUT2D eigenvalue weighted by atomic mass is 10.2. The third kappa shape index (κ3) is 4.53. The maximum Gasteiger partial charge on any atom is 0.275 e. The van der Waals surface area contributed by atoms with Gasteiger partial charge in [-0.2, -0.15) is 0 Å². The van der Waals surface area contributed by atoms with Crippen LogP contribution in [0.5, 0.6) is 0 Å². The standard InChI is InChI=1S/C22H25N5O3S2/c1-26(2)32(29,30)20-10-6-3-7-16(20)22-25-18(15-31-22)21(28)24-17-8-4-5-9-19(17)27-13-11-23-12-14-27/h3-10,15,23H,11-14H2,1-2H3,(H,24,28). The number of anilines is 2. The first-order valence-corrected chi connectivity index (χ1v) is 12.5. The van der Waals surface area contributed by atoms with Crippen molar-refractivity contribution in [3.63, 3.8) is 0 Å². The molecule has 2 aromatic carbocycles. The molecule has 0 unspecified atom stereocenters. The van der Waals surface area contributed by atoms with E-state index >= 15 is 0 Å². The maximum atomic E-state index is 13.0. The molecule has 10 heteroatoms. The van der Waals surface area contributed by atoms with Gasteiger partial charge >= 0.3 is 0 Å². The quantitative estimate of drug-likeness (QED) is 0.574. The molecule has 0 saturated carbocycles. The number of sulfonamides is 1. The van der Waals surface area contributed by atoms with Gasteiger partial charge in [0, 0.05) is 51.2 Å². The number of aromatic nitrogens is 1. The fraction of sp³-hybridized carbons (Fsp3) is 0.273. The van der Waals surface area contributed by atoms with Crippen molar-refractivity contribution in [2.75, 3.05) is 50.5 Å². The van der Waals surface area contributed by atoms with E-state index in [1.807, 2.05) is 24.3 Å². The predicted molar refractivity (Wildman–Crippen MR) is 128 cm³/mol. The van der Waals surface area contributed by atoms with Gasteiger partial charge in [0.15, 0.2) is 0 Å². The molecule has 1 saturated heterocycles. The Bertz CT molecular complexity index is 1220. The normalized spacial score (nSPS) is 14.5. The summed E-state index contributed by atoms with van der Waals surface area (Å²) < 4.78 is 26.6. The minimum Gasteiger partial charge on any atom is -0.367 e. The number of rotatable bonds is 6. The van der Waals surface area contributed by atoms with E-state index in [1.165, 1.54) is 29.7 Å². The Morgan fingerprint density at radius 3 is 2.53 bits per heavy atom. The van der Waals surface area contributed by atoms with Gasteiger partial charge in [0.05, 0.1) is 16.3 Å². The van der Waals surface area contributed by atoms with E-state index in [9.17, 15) is 13.2 Å². The smallest absolute Gasteiger partial charge is 0.275 e.